The highest BCUT2D eigenvalue weighted by molar-refractivity contribution is 5.88. The van der Waals surface area contributed by atoms with Crippen molar-refractivity contribution in [2.45, 2.75) is 76.0 Å². The molecule has 0 heterocycles. The molecular weight excluding hydrogens is 440 g/mol. The lowest BCUT2D eigenvalue weighted by atomic mass is 10.0. The second-order valence-electron chi connectivity index (χ2n) is 9.87. The fourth-order valence-electron chi connectivity index (χ4n) is 4.87. The van der Waals surface area contributed by atoms with Gasteiger partial charge in [-0.25, -0.2) is 0 Å². The first kappa shape index (κ1) is 27.1. The van der Waals surface area contributed by atoms with Gasteiger partial charge < -0.3 is 26.4 Å². The number of fused-ring (bicyclic) bond motifs is 1. The summed E-state index contributed by atoms with van der Waals surface area (Å²) in [4.78, 5) is 28.1. The molecule has 2 aromatic carbocycles. The first-order valence-corrected chi connectivity index (χ1v) is 13.1. The number of aliphatic hydroxyl groups excluding tert-OH is 1. The molecule has 1 aliphatic carbocycles. The second kappa shape index (κ2) is 14.2. The topological polar surface area (TPSA) is 108 Å². The van der Waals surface area contributed by atoms with E-state index < -0.39 is 12.1 Å². The number of nitrogens with zero attached hydrogens (tertiary/aromatic N) is 1. The van der Waals surface area contributed by atoms with Crippen LogP contribution in [0.3, 0.4) is 0 Å². The summed E-state index contributed by atoms with van der Waals surface area (Å²) in [6.07, 6.45) is 8.43. The van der Waals surface area contributed by atoms with Gasteiger partial charge in [0.1, 0.15) is 6.04 Å². The van der Waals surface area contributed by atoms with Crippen LogP contribution in [0.1, 0.15) is 56.9 Å². The lowest BCUT2D eigenvalue weighted by Crippen LogP contribution is -2.50. The number of amides is 2. The number of carbonyl (C=O) groups is 2. The van der Waals surface area contributed by atoms with Gasteiger partial charge in [0.15, 0.2) is 0 Å². The SMILES string of the molecule is CN(CCCC(=O)N[C@H](Cc1ccc2ccccc2c1)C(=O)NCC(O)CN)C1CCCCCC1. The summed E-state index contributed by atoms with van der Waals surface area (Å²) in [6, 6.07) is 14.0. The van der Waals surface area contributed by atoms with Crippen LogP contribution >= 0.6 is 0 Å². The Balaban J connectivity index is 1.57. The number of rotatable bonds is 12. The summed E-state index contributed by atoms with van der Waals surface area (Å²) in [5.74, 6) is -0.436. The molecule has 2 aromatic rings. The van der Waals surface area contributed by atoms with Crippen LogP contribution in [0.4, 0.5) is 0 Å². The van der Waals surface area contributed by atoms with Gasteiger partial charge in [0.05, 0.1) is 6.10 Å². The predicted octanol–water partition coefficient (Wildman–Crippen LogP) is 2.74. The average molecular weight is 483 g/mol. The van der Waals surface area contributed by atoms with Gasteiger partial charge in [0.25, 0.3) is 0 Å². The van der Waals surface area contributed by atoms with Crippen molar-refractivity contribution in [3.8, 4) is 0 Å². The molecule has 2 atom stereocenters. The van der Waals surface area contributed by atoms with Gasteiger partial charge in [0.2, 0.25) is 11.8 Å². The molecule has 0 bridgehead atoms. The summed E-state index contributed by atoms with van der Waals surface area (Å²) in [6.45, 7) is 1.00. The summed E-state index contributed by atoms with van der Waals surface area (Å²) < 4.78 is 0. The number of nitrogens with one attached hydrogen (secondary N) is 2. The van der Waals surface area contributed by atoms with Gasteiger partial charge in [0, 0.05) is 32.0 Å². The number of nitrogens with two attached hydrogens (primary N) is 1. The molecule has 35 heavy (non-hydrogen) atoms. The Bertz CT molecular complexity index is 943. The van der Waals surface area contributed by atoms with E-state index in [0.29, 0.717) is 18.9 Å². The van der Waals surface area contributed by atoms with Gasteiger partial charge in [-0.05, 0) is 49.2 Å². The maximum absolute atomic E-state index is 12.9. The molecule has 2 amide bonds. The first-order chi connectivity index (χ1) is 17.0. The fourth-order valence-corrected chi connectivity index (χ4v) is 4.87. The molecule has 0 spiro atoms. The van der Waals surface area contributed by atoms with Crippen molar-refractivity contribution in [2.75, 3.05) is 26.7 Å². The molecule has 0 radical (unpaired) electrons. The molecule has 1 unspecified atom stereocenters. The van der Waals surface area contributed by atoms with Crippen LogP contribution in [0, 0.1) is 0 Å². The van der Waals surface area contributed by atoms with Crippen LogP contribution in [0.2, 0.25) is 0 Å². The normalized spacial score (nSPS) is 16.6. The van der Waals surface area contributed by atoms with Crippen LogP contribution in [-0.2, 0) is 16.0 Å². The average Bonchev–Trinajstić information content (AvgIpc) is 3.16. The van der Waals surface area contributed by atoms with Gasteiger partial charge >= 0.3 is 0 Å². The van der Waals surface area contributed by atoms with E-state index in [0.717, 1.165) is 29.3 Å². The highest BCUT2D eigenvalue weighted by Crippen LogP contribution is 2.21. The van der Waals surface area contributed by atoms with E-state index in [2.05, 4.69) is 28.6 Å². The van der Waals surface area contributed by atoms with Crippen molar-refractivity contribution in [2.24, 2.45) is 5.73 Å². The summed E-state index contributed by atoms with van der Waals surface area (Å²) in [7, 11) is 2.16. The van der Waals surface area contributed by atoms with E-state index in [9.17, 15) is 14.7 Å². The lowest BCUT2D eigenvalue weighted by Gasteiger charge is -2.27. The number of carbonyl (C=O) groups excluding carboxylic acids is 2. The number of hydrogen-bond acceptors (Lipinski definition) is 5. The minimum absolute atomic E-state index is 0.0611. The van der Waals surface area contributed by atoms with Gasteiger partial charge in [-0.15, -0.1) is 0 Å². The van der Waals surface area contributed by atoms with Crippen molar-refractivity contribution in [1.29, 1.82) is 0 Å². The third-order valence-corrected chi connectivity index (χ3v) is 7.05. The summed E-state index contributed by atoms with van der Waals surface area (Å²) in [5, 5.41) is 17.6. The zero-order valence-corrected chi connectivity index (χ0v) is 21.0. The maximum atomic E-state index is 12.9. The van der Waals surface area contributed by atoms with Gasteiger partial charge in [-0.3, -0.25) is 9.59 Å². The maximum Gasteiger partial charge on any atom is 0.243 e. The van der Waals surface area contributed by atoms with Gasteiger partial charge in [-0.2, -0.15) is 0 Å². The smallest absolute Gasteiger partial charge is 0.243 e. The summed E-state index contributed by atoms with van der Waals surface area (Å²) >= 11 is 0. The Hall–Kier alpha value is -2.48. The van der Waals surface area contributed by atoms with E-state index in [1.54, 1.807) is 0 Å². The van der Waals surface area contributed by atoms with Crippen LogP contribution in [0.15, 0.2) is 42.5 Å². The van der Waals surface area contributed by atoms with Crippen molar-refractivity contribution < 1.29 is 14.7 Å². The third kappa shape index (κ3) is 8.91. The van der Waals surface area contributed by atoms with Gasteiger partial charge in [-0.1, -0.05) is 68.1 Å². The molecule has 3 rings (SSSR count). The van der Waals surface area contributed by atoms with Crippen molar-refractivity contribution >= 4 is 22.6 Å². The van der Waals surface area contributed by atoms with Crippen molar-refractivity contribution in [3.63, 3.8) is 0 Å². The van der Waals surface area contributed by atoms with Crippen molar-refractivity contribution in [3.05, 3.63) is 48.0 Å². The van der Waals surface area contributed by atoms with Crippen molar-refractivity contribution in [1.82, 2.24) is 15.5 Å². The zero-order chi connectivity index (χ0) is 25.0. The van der Waals surface area contributed by atoms with Crippen LogP contribution in [-0.4, -0.2) is 66.7 Å². The van der Waals surface area contributed by atoms with E-state index in [1.165, 1.54) is 38.5 Å². The Morgan fingerprint density at radius 1 is 1.09 bits per heavy atom. The molecule has 5 N–H and O–H groups in total. The molecule has 7 nitrogen and oxygen atoms in total. The minimum Gasteiger partial charge on any atom is -0.390 e. The van der Waals surface area contributed by atoms with E-state index in [1.807, 2.05) is 36.4 Å². The number of aliphatic hydroxyl groups is 1. The monoisotopic (exact) mass is 482 g/mol. The molecule has 192 valence electrons. The van der Waals surface area contributed by atoms with Crippen LogP contribution in [0.25, 0.3) is 10.8 Å². The minimum atomic E-state index is -0.810. The molecule has 0 aliphatic heterocycles. The van der Waals surface area contributed by atoms with E-state index >= 15 is 0 Å². The molecular formula is C28H42N4O3. The Morgan fingerprint density at radius 3 is 2.51 bits per heavy atom. The Kier molecular flexibility index (Phi) is 11.0. The van der Waals surface area contributed by atoms with Crippen LogP contribution in [0.5, 0.6) is 0 Å². The first-order valence-electron chi connectivity index (χ1n) is 13.1. The standard InChI is InChI=1S/C28H42N4O3/c1-32(24-11-4-2-3-5-12-24)16-8-13-27(34)31-26(28(35)30-20-25(33)19-29)18-21-14-15-22-9-6-7-10-23(22)17-21/h6-7,9-10,14-15,17,24-26,33H,2-5,8,11-13,16,18-20,29H2,1H3,(H,30,35)(H,31,34)/t25?,26-/m1/s1. The molecule has 1 aliphatic rings. The molecule has 1 saturated carbocycles. The quantitative estimate of drug-likeness (QED) is 0.348. The Labute approximate surface area is 209 Å². The summed E-state index contributed by atoms with van der Waals surface area (Å²) in [5.41, 5.74) is 6.43. The number of benzene rings is 2. The van der Waals surface area contributed by atoms with E-state index in [4.69, 9.17) is 5.73 Å². The molecule has 1 fully saturated rings. The fraction of sp³-hybridized carbons (Fsp3) is 0.571. The largest absolute Gasteiger partial charge is 0.390 e. The highest BCUT2D eigenvalue weighted by Gasteiger charge is 2.22. The molecule has 7 heteroatoms. The second-order valence-corrected chi connectivity index (χ2v) is 9.87. The lowest BCUT2D eigenvalue weighted by molar-refractivity contribution is -0.129. The number of hydrogen-bond donors (Lipinski definition) is 4. The molecule has 0 saturated heterocycles. The Morgan fingerprint density at radius 2 is 1.80 bits per heavy atom. The third-order valence-electron chi connectivity index (χ3n) is 7.05. The zero-order valence-electron chi connectivity index (χ0n) is 21.0. The van der Waals surface area contributed by atoms with E-state index in [-0.39, 0.29) is 24.9 Å². The predicted molar refractivity (Wildman–Crippen MR) is 141 cm³/mol. The van der Waals surface area contributed by atoms with Crippen LogP contribution < -0.4 is 16.4 Å². The molecule has 0 aromatic heterocycles. The highest BCUT2D eigenvalue weighted by atomic mass is 16.3.